The number of alkyl halides is 3. The number of fused-ring (bicyclic) bond motifs is 1. The number of aromatic nitrogens is 6. The van der Waals surface area contributed by atoms with E-state index in [1.165, 1.54) is 33.0 Å². The molecule has 5 rings (SSSR count). The van der Waals surface area contributed by atoms with Crippen molar-refractivity contribution in [2.24, 2.45) is 13.0 Å². The molecule has 218 valence electrons. The van der Waals surface area contributed by atoms with Gasteiger partial charge >= 0.3 is 6.18 Å². The van der Waals surface area contributed by atoms with Crippen LogP contribution in [0.15, 0.2) is 36.7 Å². The zero-order chi connectivity index (χ0) is 29.5. The van der Waals surface area contributed by atoms with Crippen molar-refractivity contribution in [2.75, 3.05) is 24.2 Å². The summed E-state index contributed by atoms with van der Waals surface area (Å²) in [5.74, 6) is -0.429. The van der Waals surface area contributed by atoms with Crippen molar-refractivity contribution >= 4 is 32.5 Å². The first-order valence-corrected chi connectivity index (χ1v) is 14.7. The maximum absolute atomic E-state index is 14.1. The topological polar surface area (TPSA) is 128 Å². The Bertz CT molecular complexity index is 1710. The Hall–Kier alpha value is -3.85. The maximum Gasteiger partial charge on any atom is 0.437 e. The predicted octanol–water partition coefficient (Wildman–Crippen LogP) is 3.87. The van der Waals surface area contributed by atoms with Gasteiger partial charge in [0.2, 0.25) is 10.0 Å². The number of pyridine rings is 1. The molecule has 1 aliphatic heterocycles. The van der Waals surface area contributed by atoms with Gasteiger partial charge in [-0.1, -0.05) is 18.2 Å². The number of rotatable bonds is 7. The van der Waals surface area contributed by atoms with E-state index in [0.717, 1.165) is 0 Å². The lowest BCUT2D eigenvalue weighted by Gasteiger charge is -2.31. The summed E-state index contributed by atoms with van der Waals surface area (Å²) in [5.41, 5.74) is -0.526. The first-order chi connectivity index (χ1) is 19.4. The predicted molar refractivity (Wildman–Crippen MR) is 145 cm³/mol. The lowest BCUT2D eigenvalue weighted by molar-refractivity contribution is -0.140. The minimum Gasteiger partial charge on any atom is -0.319 e. The molecule has 1 fully saturated rings. The van der Waals surface area contributed by atoms with E-state index in [1.807, 2.05) is 0 Å². The van der Waals surface area contributed by atoms with E-state index < -0.39 is 33.5 Å². The zero-order valence-corrected chi connectivity index (χ0v) is 23.5. The number of halogens is 3. The molecule has 1 aliphatic rings. The number of amides is 1. The molecule has 4 aromatic rings. The molecule has 0 atom stereocenters. The number of aryl methyl sites for hydroxylation is 1. The van der Waals surface area contributed by atoms with Gasteiger partial charge in [-0.25, -0.2) is 27.4 Å². The van der Waals surface area contributed by atoms with Crippen molar-refractivity contribution in [2.45, 2.75) is 39.4 Å². The van der Waals surface area contributed by atoms with Crippen LogP contribution in [-0.4, -0.2) is 67.0 Å². The molecule has 1 aromatic carbocycles. The van der Waals surface area contributed by atoms with Gasteiger partial charge in [-0.3, -0.25) is 9.48 Å². The molecular formula is C26H29F3N8O3S. The molecule has 0 spiro atoms. The molecule has 3 aromatic heterocycles. The van der Waals surface area contributed by atoms with E-state index in [4.69, 9.17) is 0 Å². The molecule has 1 amide bonds. The average molecular weight is 591 g/mol. The molecule has 41 heavy (non-hydrogen) atoms. The van der Waals surface area contributed by atoms with Gasteiger partial charge in [-0.05, 0) is 44.7 Å². The summed E-state index contributed by atoms with van der Waals surface area (Å²) in [4.78, 5) is 22.3. The number of piperidine rings is 1. The Morgan fingerprint density at radius 1 is 1.17 bits per heavy atom. The normalized spacial score (nSPS) is 15.5. The molecule has 0 saturated carbocycles. The zero-order valence-electron chi connectivity index (χ0n) is 22.7. The van der Waals surface area contributed by atoms with Gasteiger partial charge in [0.15, 0.2) is 11.5 Å². The van der Waals surface area contributed by atoms with Gasteiger partial charge in [-0.2, -0.15) is 23.4 Å². The van der Waals surface area contributed by atoms with Crippen molar-refractivity contribution in [1.82, 2.24) is 33.8 Å². The molecule has 1 N–H and O–H groups in total. The van der Waals surface area contributed by atoms with Crippen LogP contribution in [0.1, 0.15) is 41.5 Å². The standard InChI is InChI=1S/C26H29F3N8O3S/c1-4-41(39,40)36-11-9-17(10-12-36)14-37-16(2)22(23(34-37)26(27,28)29)33-25(38)19-13-21(24-30-15-31-35(24)3)32-20-8-6-5-7-18(19)20/h5-8,13,15,17H,4,9-12,14H2,1-3H3,(H,33,38). The van der Waals surface area contributed by atoms with Crippen LogP contribution in [0.25, 0.3) is 22.4 Å². The van der Waals surface area contributed by atoms with Gasteiger partial charge in [-0.15, -0.1) is 0 Å². The fourth-order valence-electron chi connectivity index (χ4n) is 5.06. The second-order valence-corrected chi connectivity index (χ2v) is 12.2. The molecule has 0 unspecified atom stereocenters. The largest absolute Gasteiger partial charge is 0.437 e. The number of nitrogens with zero attached hydrogens (tertiary/aromatic N) is 7. The minimum absolute atomic E-state index is 0.000772. The maximum atomic E-state index is 14.1. The van der Waals surface area contributed by atoms with Crippen LogP contribution in [0.3, 0.4) is 0 Å². The summed E-state index contributed by atoms with van der Waals surface area (Å²) >= 11 is 0. The van der Waals surface area contributed by atoms with Crippen molar-refractivity contribution in [3.05, 3.63) is 53.6 Å². The minimum atomic E-state index is -4.82. The molecule has 4 heterocycles. The van der Waals surface area contributed by atoms with Gasteiger partial charge in [0, 0.05) is 32.1 Å². The van der Waals surface area contributed by atoms with E-state index in [1.54, 1.807) is 38.2 Å². The Kier molecular flexibility index (Phi) is 7.59. The number of carbonyl (C=O) groups excluding carboxylic acids is 1. The van der Waals surface area contributed by atoms with Crippen LogP contribution in [0, 0.1) is 12.8 Å². The lowest BCUT2D eigenvalue weighted by atomic mass is 9.98. The van der Waals surface area contributed by atoms with Crippen LogP contribution >= 0.6 is 0 Å². The van der Waals surface area contributed by atoms with Crippen LogP contribution in [0.4, 0.5) is 18.9 Å². The van der Waals surface area contributed by atoms with E-state index >= 15 is 0 Å². The quantitative estimate of drug-likeness (QED) is 0.346. The SMILES string of the molecule is CCS(=O)(=O)N1CCC(Cn2nc(C(F)(F)F)c(NC(=O)c3cc(-c4ncnn4C)nc4ccccc34)c2C)CC1. The number of sulfonamides is 1. The fraction of sp³-hybridized carbons (Fsp3) is 0.423. The Morgan fingerprint density at radius 3 is 2.51 bits per heavy atom. The Labute approximate surface area is 234 Å². The third-order valence-corrected chi connectivity index (χ3v) is 9.26. The van der Waals surface area contributed by atoms with Gasteiger partial charge in [0.1, 0.15) is 12.0 Å². The molecule has 1 saturated heterocycles. The summed E-state index contributed by atoms with van der Waals surface area (Å²) in [6, 6.07) is 8.31. The second-order valence-electron chi connectivity index (χ2n) is 9.97. The first-order valence-electron chi connectivity index (χ1n) is 13.1. The second kappa shape index (κ2) is 10.9. The Balaban J connectivity index is 1.45. The Morgan fingerprint density at radius 2 is 1.88 bits per heavy atom. The van der Waals surface area contributed by atoms with Crippen LogP contribution < -0.4 is 5.32 Å². The molecule has 15 heteroatoms. The van der Waals surface area contributed by atoms with E-state index in [2.05, 4.69) is 25.5 Å². The third-order valence-electron chi connectivity index (χ3n) is 7.38. The van der Waals surface area contributed by atoms with E-state index in [-0.39, 0.29) is 29.5 Å². The third kappa shape index (κ3) is 5.68. The number of carbonyl (C=O) groups is 1. The highest BCUT2D eigenvalue weighted by molar-refractivity contribution is 7.89. The first kappa shape index (κ1) is 28.7. The van der Waals surface area contributed by atoms with Gasteiger partial charge < -0.3 is 5.32 Å². The van der Waals surface area contributed by atoms with Crippen molar-refractivity contribution in [1.29, 1.82) is 0 Å². The summed E-state index contributed by atoms with van der Waals surface area (Å²) < 4.78 is 70.8. The van der Waals surface area contributed by atoms with Crippen LogP contribution in [0.5, 0.6) is 0 Å². The number of anilines is 1. The summed E-state index contributed by atoms with van der Waals surface area (Å²) in [5, 5.41) is 10.8. The van der Waals surface area contributed by atoms with Crippen molar-refractivity contribution in [3.8, 4) is 11.5 Å². The van der Waals surface area contributed by atoms with E-state index in [9.17, 15) is 26.4 Å². The van der Waals surface area contributed by atoms with Crippen molar-refractivity contribution < 1.29 is 26.4 Å². The fourth-order valence-corrected chi connectivity index (χ4v) is 6.19. The highest BCUT2D eigenvalue weighted by atomic mass is 32.2. The number of nitrogens with one attached hydrogen (secondary N) is 1. The summed E-state index contributed by atoms with van der Waals surface area (Å²) in [6.45, 7) is 3.83. The van der Waals surface area contributed by atoms with Gasteiger partial charge in [0.25, 0.3) is 5.91 Å². The number of para-hydroxylation sites is 1. The lowest BCUT2D eigenvalue weighted by Crippen LogP contribution is -2.40. The highest BCUT2D eigenvalue weighted by Gasteiger charge is 2.40. The number of benzene rings is 1. The van der Waals surface area contributed by atoms with Crippen LogP contribution in [-0.2, 0) is 29.8 Å². The smallest absolute Gasteiger partial charge is 0.319 e. The van der Waals surface area contributed by atoms with Crippen molar-refractivity contribution in [3.63, 3.8) is 0 Å². The van der Waals surface area contributed by atoms with E-state index in [0.29, 0.717) is 48.4 Å². The highest BCUT2D eigenvalue weighted by Crippen LogP contribution is 2.37. The summed E-state index contributed by atoms with van der Waals surface area (Å²) in [6.07, 6.45) is -2.49. The molecule has 0 bridgehead atoms. The molecular weight excluding hydrogens is 561 g/mol. The van der Waals surface area contributed by atoms with Crippen LogP contribution in [0.2, 0.25) is 0 Å². The number of hydrogen-bond acceptors (Lipinski definition) is 7. The summed E-state index contributed by atoms with van der Waals surface area (Å²) in [7, 11) is -1.66. The molecule has 11 nitrogen and oxygen atoms in total. The monoisotopic (exact) mass is 590 g/mol. The number of hydrogen-bond donors (Lipinski definition) is 1. The van der Waals surface area contributed by atoms with Gasteiger partial charge in [0.05, 0.1) is 28.2 Å². The molecule has 0 radical (unpaired) electrons. The molecule has 0 aliphatic carbocycles. The average Bonchev–Trinajstić information content (AvgIpc) is 3.51.